The Balaban J connectivity index is 1.26. The molecule has 3 aromatic heterocycles. The van der Waals surface area contributed by atoms with E-state index in [-0.39, 0.29) is 17.3 Å². The minimum atomic E-state index is -4.57. The molecule has 9 nitrogen and oxygen atoms in total. The molecule has 0 radical (unpaired) electrons. The Labute approximate surface area is 271 Å². The molecule has 4 heterocycles. The molecule has 2 N–H and O–H groups in total. The lowest BCUT2D eigenvalue weighted by molar-refractivity contribution is -0.142. The number of aromatic nitrogens is 4. The fourth-order valence-corrected chi connectivity index (χ4v) is 7.12. The topological polar surface area (TPSA) is 107 Å². The first-order valence-corrected chi connectivity index (χ1v) is 16.3. The Morgan fingerprint density at radius 3 is 2.36 bits per heavy atom. The second-order valence-electron chi connectivity index (χ2n) is 13.5. The summed E-state index contributed by atoms with van der Waals surface area (Å²) in [5, 5.41) is 9.34. The predicted molar refractivity (Wildman–Crippen MR) is 174 cm³/mol. The Hall–Kier alpha value is -4.19. The summed E-state index contributed by atoms with van der Waals surface area (Å²) in [4.78, 5) is 32.8. The maximum Gasteiger partial charge on any atom is 0.433 e. The van der Waals surface area contributed by atoms with Gasteiger partial charge in [-0.25, -0.2) is 15.0 Å². The van der Waals surface area contributed by atoms with Gasteiger partial charge in [-0.05, 0) is 81.0 Å². The van der Waals surface area contributed by atoms with Gasteiger partial charge in [-0.2, -0.15) is 13.2 Å². The van der Waals surface area contributed by atoms with E-state index in [0.717, 1.165) is 61.7 Å². The number of piperidine rings is 1. The zero-order valence-electron chi connectivity index (χ0n) is 26.6. The van der Waals surface area contributed by atoms with Crippen molar-refractivity contribution in [2.75, 3.05) is 50.2 Å². The predicted octanol–water partition coefficient (Wildman–Crippen LogP) is 7.14. The van der Waals surface area contributed by atoms with E-state index in [4.69, 9.17) is 14.7 Å². The number of aliphatic carboxylic acids is 1. The zero-order valence-corrected chi connectivity index (χ0v) is 26.6. The number of fused-ring (bicyclic) bond motifs is 1. The average Bonchev–Trinajstić information content (AvgIpc) is 3.81. The van der Waals surface area contributed by atoms with Crippen LogP contribution in [0.15, 0.2) is 42.5 Å². The highest BCUT2D eigenvalue weighted by atomic mass is 19.4. The van der Waals surface area contributed by atoms with Crippen LogP contribution in [-0.4, -0.2) is 71.4 Å². The van der Waals surface area contributed by atoms with Gasteiger partial charge in [0.2, 0.25) is 0 Å². The van der Waals surface area contributed by atoms with Gasteiger partial charge in [0.1, 0.15) is 17.0 Å². The van der Waals surface area contributed by atoms with Crippen LogP contribution in [-0.2, 0) is 15.7 Å². The first-order valence-electron chi connectivity index (χ1n) is 16.3. The van der Waals surface area contributed by atoms with E-state index < -0.39 is 17.8 Å². The van der Waals surface area contributed by atoms with Gasteiger partial charge < -0.3 is 24.6 Å². The Kier molecular flexibility index (Phi) is 8.10. The van der Waals surface area contributed by atoms with Crippen molar-refractivity contribution in [3.8, 4) is 22.6 Å². The SMILES string of the molecule is COCC1(CN(C)c2cc(-c3cc(C4CC4)nc(C(F)(F)F)c3)nc3nc(-c4ccc(N5CCC(C(=O)O)CC5)cc4)[nH]c23)CCC1. The molecule has 0 amide bonds. The third-order valence-corrected chi connectivity index (χ3v) is 10.1. The highest BCUT2D eigenvalue weighted by molar-refractivity contribution is 5.91. The molecule has 12 heteroatoms. The first kappa shape index (κ1) is 31.4. The molecule has 3 fully saturated rings. The number of halogens is 3. The largest absolute Gasteiger partial charge is 0.481 e. The van der Waals surface area contributed by atoms with Crippen molar-refractivity contribution in [1.29, 1.82) is 0 Å². The summed E-state index contributed by atoms with van der Waals surface area (Å²) >= 11 is 0. The molecule has 3 aliphatic rings. The van der Waals surface area contributed by atoms with E-state index in [2.05, 4.69) is 19.8 Å². The first-order chi connectivity index (χ1) is 22.5. The van der Waals surface area contributed by atoms with E-state index in [9.17, 15) is 23.1 Å². The molecule has 1 aromatic carbocycles. The smallest absolute Gasteiger partial charge is 0.433 e. The van der Waals surface area contributed by atoms with Crippen LogP contribution in [0.1, 0.15) is 62.3 Å². The molecule has 2 saturated carbocycles. The minimum absolute atomic E-state index is 0.0101. The molecule has 0 bridgehead atoms. The summed E-state index contributed by atoms with van der Waals surface area (Å²) in [6.07, 6.45) is 1.54. The summed E-state index contributed by atoms with van der Waals surface area (Å²) in [6.45, 7) is 2.72. The molecule has 2 aliphatic carbocycles. The standard InChI is InChI=1S/C35H39F3N6O3/c1-43(19-34(20-47-2)12-3-13-34)28-18-27(24-16-26(21-4-5-21)39-29(17-24)35(36,37)38)40-32-30(28)41-31(42-32)22-6-8-25(9-7-22)44-14-10-23(11-15-44)33(45)46/h6-9,16-18,21,23H,3-5,10-15,19-20H2,1-2H3,(H,45,46)(H,40,41,42). The van der Waals surface area contributed by atoms with Crippen LogP contribution >= 0.6 is 0 Å². The van der Waals surface area contributed by atoms with Gasteiger partial charge in [0, 0.05) is 67.6 Å². The van der Waals surface area contributed by atoms with Gasteiger partial charge in [0.05, 0.1) is 23.9 Å². The number of hydrogen-bond acceptors (Lipinski definition) is 7. The lowest BCUT2D eigenvalue weighted by Gasteiger charge is -2.44. The van der Waals surface area contributed by atoms with Crippen molar-refractivity contribution in [2.45, 2.75) is 57.0 Å². The molecular formula is C35H39F3N6O3. The number of H-pyrrole nitrogens is 1. The molecule has 0 atom stereocenters. The van der Waals surface area contributed by atoms with Crippen LogP contribution in [0.2, 0.25) is 0 Å². The number of anilines is 2. The summed E-state index contributed by atoms with van der Waals surface area (Å²) in [5.41, 5.74) is 4.16. The number of alkyl halides is 3. The van der Waals surface area contributed by atoms with Gasteiger partial charge in [0.25, 0.3) is 0 Å². The third-order valence-electron chi connectivity index (χ3n) is 10.1. The van der Waals surface area contributed by atoms with E-state index in [1.54, 1.807) is 13.2 Å². The quantitative estimate of drug-likeness (QED) is 0.187. The number of benzene rings is 1. The number of imidazole rings is 1. The number of carbonyl (C=O) groups is 1. The van der Waals surface area contributed by atoms with Crippen molar-refractivity contribution < 1.29 is 27.8 Å². The van der Waals surface area contributed by atoms with Gasteiger partial charge >= 0.3 is 12.1 Å². The molecule has 7 rings (SSSR count). The fraction of sp³-hybridized carbons (Fsp3) is 0.486. The second kappa shape index (κ2) is 12.1. The van der Waals surface area contributed by atoms with Gasteiger partial charge in [-0.3, -0.25) is 4.79 Å². The number of carboxylic acids is 1. The number of nitrogens with zero attached hydrogens (tertiary/aromatic N) is 5. The number of rotatable bonds is 10. The Morgan fingerprint density at radius 1 is 1.04 bits per heavy atom. The Bertz CT molecular complexity index is 1770. The number of ether oxygens (including phenoxy) is 1. The molecule has 47 heavy (non-hydrogen) atoms. The summed E-state index contributed by atoms with van der Waals surface area (Å²) < 4.78 is 47.4. The van der Waals surface area contributed by atoms with Crippen molar-refractivity contribution in [3.63, 3.8) is 0 Å². The Morgan fingerprint density at radius 2 is 1.77 bits per heavy atom. The molecule has 0 unspecified atom stereocenters. The monoisotopic (exact) mass is 648 g/mol. The molecule has 248 valence electrons. The van der Waals surface area contributed by atoms with E-state index in [1.807, 2.05) is 37.4 Å². The molecule has 4 aromatic rings. The summed E-state index contributed by atoms with van der Waals surface area (Å²) in [7, 11) is 3.72. The van der Waals surface area contributed by atoms with Crippen molar-refractivity contribution in [2.24, 2.45) is 11.3 Å². The maximum absolute atomic E-state index is 14.0. The molecular weight excluding hydrogens is 609 g/mol. The third kappa shape index (κ3) is 6.39. The molecule has 1 aliphatic heterocycles. The van der Waals surface area contributed by atoms with Crippen LogP contribution in [0.4, 0.5) is 24.5 Å². The van der Waals surface area contributed by atoms with Gasteiger partial charge in [-0.1, -0.05) is 6.42 Å². The highest BCUT2D eigenvalue weighted by Gasteiger charge is 2.39. The van der Waals surface area contributed by atoms with Crippen molar-refractivity contribution in [3.05, 3.63) is 53.9 Å². The van der Waals surface area contributed by atoms with Crippen LogP contribution in [0.5, 0.6) is 0 Å². The maximum atomic E-state index is 14.0. The van der Waals surface area contributed by atoms with Crippen molar-refractivity contribution in [1.82, 2.24) is 19.9 Å². The molecule has 1 saturated heterocycles. The zero-order chi connectivity index (χ0) is 32.9. The van der Waals surface area contributed by atoms with E-state index >= 15 is 0 Å². The lowest BCUT2D eigenvalue weighted by atomic mass is 9.69. The molecule has 0 spiro atoms. The number of hydrogen-bond donors (Lipinski definition) is 2. The number of methoxy groups -OCH3 is 1. The van der Waals surface area contributed by atoms with Crippen LogP contribution < -0.4 is 9.80 Å². The lowest BCUT2D eigenvalue weighted by Crippen LogP contribution is -2.44. The fourth-order valence-electron chi connectivity index (χ4n) is 7.12. The number of carboxylic acid groups (broad SMARTS) is 1. The van der Waals surface area contributed by atoms with Crippen LogP contribution in [0.25, 0.3) is 33.8 Å². The second-order valence-corrected chi connectivity index (χ2v) is 13.5. The van der Waals surface area contributed by atoms with Crippen LogP contribution in [0, 0.1) is 11.3 Å². The average molecular weight is 649 g/mol. The number of aromatic amines is 1. The van der Waals surface area contributed by atoms with E-state index in [1.165, 1.54) is 0 Å². The van der Waals surface area contributed by atoms with Gasteiger partial charge in [0.15, 0.2) is 5.65 Å². The number of pyridine rings is 2. The summed E-state index contributed by atoms with van der Waals surface area (Å²) in [6, 6.07) is 12.7. The minimum Gasteiger partial charge on any atom is -0.481 e. The van der Waals surface area contributed by atoms with Gasteiger partial charge in [-0.15, -0.1) is 0 Å². The normalized spacial score (nSPS) is 18.4. The summed E-state index contributed by atoms with van der Waals surface area (Å²) in [5.74, 6) is -0.388. The highest BCUT2D eigenvalue weighted by Crippen LogP contribution is 2.45. The van der Waals surface area contributed by atoms with E-state index in [0.29, 0.717) is 66.5 Å². The van der Waals surface area contributed by atoms with Crippen molar-refractivity contribution >= 4 is 28.5 Å². The number of nitrogens with one attached hydrogen (secondary N) is 1. The van der Waals surface area contributed by atoms with Crippen LogP contribution in [0.3, 0.4) is 0 Å².